The molecule has 0 N–H and O–H groups in total. The quantitative estimate of drug-likeness (QED) is 0.682. The van der Waals surface area contributed by atoms with Gasteiger partial charge in [-0.1, -0.05) is 11.6 Å². The first-order chi connectivity index (χ1) is 12.4. The minimum Gasteiger partial charge on any atom is -0.308 e. The molecule has 0 spiro atoms. The van der Waals surface area contributed by atoms with Gasteiger partial charge < -0.3 is 4.90 Å². The zero-order chi connectivity index (χ0) is 18.8. The number of hydrogen-bond donors (Lipinski definition) is 0. The highest BCUT2D eigenvalue weighted by Gasteiger charge is 2.15. The van der Waals surface area contributed by atoms with Crippen LogP contribution in [-0.4, -0.2) is 44.6 Å². The van der Waals surface area contributed by atoms with Crippen molar-refractivity contribution in [1.82, 2.24) is 24.0 Å². The van der Waals surface area contributed by atoms with Crippen LogP contribution >= 0.6 is 11.6 Å². The predicted octanol–water partition coefficient (Wildman–Crippen LogP) is 1.86. The van der Waals surface area contributed by atoms with Crippen LogP contribution in [0.15, 0.2) is 40.1 Å². The standard InChI is InChI=1S/C18H20ClN5O2/c1-4-23-16-14(17(25)24(18(23)26)10-9-22(2)3)11-20-15(21-16)12-5-7-13(19)8-6-12/h5-8,11H,4,9-10H2,1-3H3. The zero-order valence-corrected chi connectivity index (χ0v) is 15.7. The second kappa shape index (κ2) is 7.39. The van der Waals surface area contributed by atoms with Crippen LogP contribution in [0.5, 0.6) is 0 Å². The molecule has 1 aromatic carbocycles. The molecule has 0 bridgehead atoms. The summed E-state index contributed by atoms with van der Waals surface area (Å²) in [6.45, 7) is 3.17. The van der Waals surface area contributed by atoms with Crippen LogP contribution in [0.25, 0.3) is 22.4 Å². The highest BCUT2D eigenvalue weighted by Crippen LogP contribution is 2.19. The molecule has 0 atom stereocenters. The van der Waals surface area contributed by atoms with Crippen molar-refractivity contribution >= 4 is 22.6 Å². The Kier molecular flexibility index (Phi) is 5.20. The normalized spacial score (nSPS) is 11.4. The lowest BCUT2D eigenvalue weighted by Crippen LogP contribution is -2.42. The molecule has 0 saturated heterocycles. The minimum absolute atomic E-state index is 0.319. The highest BCUT2D eigenvalue weighted by atomic mass is 35.5. The summed E-state index contributed by atoms with van der Waals surface area (Å²) in [7, 11) is 3.79. The van der Waals surface area contributed by atoms with Gasteiger partial charge >= 0.3 is 5.69 Å². The number of aromatic nitrogens is 4. The summed E-state index contributed by atoms with van der Waals surface area (Å²) in [4.78, 5) is 36.3. The maximum atomic E-state index is 12.8. The van der Waals surface area contributed by atoms with E-state index in [-0.39, 0.29) is 11.2 Å². The maximum Gasteiger partial charge on any atom is 0.332 e. The molecule has 26 heavy (non-hydrogen) atoms. The lowest BCUT2D eigenvalue weighted by atomic mass is 10.2. The Morgan fingerprint density at radius 3 is 2.42 bits per heavy atom. The van der Waals surface area contributed by atoms with Crippen molar-refractivity contribution in [3.63, 3.8) is 0 Å². The number of fused-ring (bicyclic) bond motifs is 1. The van der Waals surface area contributed by atoms with Gasteiger partial charge in [0, 0.05) is 36.4 Å². The first kappa shape index (κ1) is 18.3. The fourth-order valence-electron chi connectivity index (χ4n) is 2.72. The van der Waals surface area contributed by atoms with Gasteiger partial charge in [-0.3, -0.25) is 13.9 Å². The third-order valence-corrected chi connectivity index (χ3v) is 4.40. The van der Waals surface area contributed by atoms with Crippen LogP contribution in [0, 0.1) is 0 Å². The topological polar surface area (TPSA) is 73.0 Å². The van der Waals surface area contributed by atoms with Crippen molar-refractivity contribution in [1.29, 1.82) is 0 Å². The summed E-state index contributed by atoms with van der Waals surface area (Å²) in [6, 6.07) is 7.10. The fraction of sp³-hybridized carbons (Fsp3) is 0.333. The van der Waals surface area contributed by atoms with E-state index in [1.54, 1.807) is 24.3 Å². The van der Waals surface area contributed by atoms with Crippen molar-refractivity contribution in [3.05, 3.63) is 56.3 Å². The van der Waals surface area contributed by atoms with E-state index in [0.29, 0.717) is 41.5 Å². The van der Waals surface area contributed by atoms with Crippen LogP contribution in [0.4, 0.5) is 0 Å². The van der Waals surface area contributed by atoms with Crippen molar-refractivity contribution in [2.24, 2.45) is 0 Å². The molecule has 0 aliphatic rings. The van der Waals surface area contributed by atoms with Crippen LogP contribution in [0.1, 0.15) is 6.92 Å². The van der Waals surface area contributed by atoms with Gasteiger partial charge in [-0.15, -0.1) is 0 Å². The van der Waals surface area contributed by atoms with Gasteiger partial charge in [0.05, 0.1) is 0 Å². The molecule has 7 nitrogen and oxygen atoms in total. The summed E-state index contributed by atoms with van der Waals surface area (Å²) >= 11 is 5.92. The Morgan fingerprint density at radius 2 is 1.81 bits per heavy atom. The third kappa shape index (κ3) is 3.40. The van der Waals surface area contributed by atoms with Gasteiger partial charge in [-0.25, -0.2) is 14.8 Å². The molecular weight excluding hydrogens is 354 g/mol. The minimum atomic E-state index is -0.362. The molecule has 0 unspecified atom stereocenters. The monoisotopic (exact) mass is 373 g/mol. The second-order valence-corrected chi connectivity index (χ2v) is 6.66. The summed E-state index contributed by atoms with van der Waals surface area (Å²) in [6.07, 6.45) is 1.49. The first-order valence-corrected chi connectivity index (χ1v) is 8.71. The molecule has 0 amide bonds. The maximum absolute atomic E-state index is 12.8. The van der Waals surface area contributed by atoms with Crippen LogP contribution in [0.2, 0.25) is 5.02 Å². The van der Waals surface area contributed by atoms with Crippen LogP contribution < -0.4 is 11.2 Å². The smallest absolute Gasteiger partial charge is 0.308 e. The van der Waals surface area contributed by atoms with Gasteiger partial charge in [-0.2, -0.15) is 0 Å². The van der Waals surface area contributed by atoms with Gasteiger partial charge in [0.25, 0.3) is 5.56 Å². The van der Waals surface area contributed by atoms with Gasteiger partial charge in [0.2, 0.25) is 0 Å². The van der Waals surface area contributed by atoms with Crippen LogP contribution in [0.3, 0.4) is 0 Å². The average molecular weight is 374 g/mol. The number of nitrogens with zero attached hydrogens (tertiary/aromatic N) is 5. The van der Waals surface area contributed by atoms with Crippen molar-refractivity contribution in [3.8, 4) is 11.4 Å². The Bertz CT molecular complexity index is 1050. The number of aryl methyl sites for hydroxylation is 1. The summed E-state index contributed by atoms with van der Waals surface area (Å²) < 4.78 is 2.75. The summed E-state index contributed by atoms with van der Waals surface area (Å²) in [5.41, 5.74) is 0.401. The molecule has 0 aliphatic carbocycles. The Labute approximate surface area is 155 Å². The van der Waals surface area contributed by atoms with E-state index in [4.69, 9.17) is 11.6 Å². The molecule has 0 aliphatic heterocycles. The third-order valence-electron chi connectivity index (χ3n) is 4.15. The number of hydrogen-bond acceptors (Lipinski definition) is 5. The molecule has 2 aromatic heterocycles. The van der Waals surface area contributed by atoms with E-state index in [0.717, 1.165) is 5.56 Å². The SMILES string of the molecule is CCn1c(=O)n(CCN(C)C)c(=O)c2cnc(-c3ccc(Cl)cc3)nc21. The van der Waals surface area contributed by atoms with Crippen molar-refractivity contribution < 1.29 is 0 Å². The number of benzene rings is 1. The van der Waals surface area contributed by atoms with E-state index in [9.17, 15) is 9.59 Å². The van der Waals surface area contributed by atoms with E-state index in [1.807, 2.05) is 25.9 Å². The average Bonchev–Trinajstić information content (AvgIpc) is 2.62. The summed E-state index contributed by atoms with van der Waals surface area (Å²) in [5, 5.41) is 0.951. The molecule has 0 saturated carbocycles. The number of likely N-dealkylation sites (N-methyl/N-ethyl adjacent to an activating group) is 1. The summed E-state index contributed by atoms with van der Waals surface area (Å²) in [5.74, 6) is 0.446. The molecule has 0 fully saturated rings. The second-order valence-electron chi connectivity index (χ2n) is 6.22. The van der Waals surface area contributed by atoms with Crippen molar-refractivity contribution in [2.75, 3.05) is 20.6 Å². The molecule has 3 aromatic rings. The Morgan fingerprint density at radius 1 is 1.12 bits per heavy atom. The molecular formula is C18H20ClN5O2. The van der Waals surface area contributed by atoms with E-state index < -0.39 is 0 Å². The molecule has 0 radical (unpaired) electrons. The molecule has 8 heteroatoms. The van der Waals surface area contributed by atoms with Crippen molar-refractivity contribution in [2.45, 2.75) is 20.0 Å². The first-order valence-electron chi connectivity index (χ1n) is 8.33. The van der Waals surface area contributed by atoms with E-state index >= 15 is 0 Å². The van der Waals surface area contributed by atoms with Gasteiger partial charge in [0.15, 0.2) is 11.5 Å². The Hall–Kier alpha value is -2.51. The molecule has 136 valence electrons. The zero-order valence-electron chi connectivity index (χ0n) is 14.9. The fourth-order valence-corrected chi connectivity index (χ4v) is 2.84. The lowest BCUT2D eigenvalue weighted by Gasteiger charge is -2.14. The van der Waals surface area contributed by atoms with Crippen LogP contribution in [-0.2, 0) is 13.1 Å². The predicted molar refractivity (Wildman–Crippen MR) is 103 cm³/mol. The lowest BCUT2D eigenvalue weighted by molar-refractivity contribution is 0.374. The molecule has 2 heterocycles. The van der Waals surface area contributed by atoms with Gasteiger partial charge in [0.1, 0.15) is 5.39 Å². The number of rotatable bonds is 5. The van der Waals surface area contributed by atoms with Gasteiger partial charge in [-0.05, 0) is 45.3 Å². The largest absolute Gasteiger partial charge is 0.332 e. The van der Waals surface area contributed by atoms with E-state index in [1.165, 1.54) is 15.3 Å². The molecule has 3 rings (SSSR count). The number of halogens is 1. The highest BCUT2D eigenvalue weighted by molar-refractivity contribution is 6.30. The van der Waals surface area contributed by atoms with E-state index in [2.05, 4.69) is 9.97 Å². The Balaban J connectivity index is 2.21.